The fourth-order valence-corrected chi connectivity index (χ4v) is 3.17. The highest BCUT2D eigenvalue weighted by Crippen LogP contribution is 2.26. The van der Waals surface area contributed by atoms with Crippen molar-refractivity contribution in [2.45, 2.75) is 57.7 Å². The Morgan fingerprint density at radius 2 is 1.82 bits per heavy atom. The van der Waals surface area contributed by atoms with E-state index in [0.29, 0.717) is 11.6 Å². The van der Waals surface area contributed by atoms with Crippen molar-refractivity contribution >= 4 is 0 Å². The summed E-state index contributed by atoms with van der Waals surface area (Å²) < 4.78 is 0. The molecule has 1 unspecified atom stereocenters. The molecule has 1 atom stereocenters. The molecular formula is C14H29N3. The lowest BCUT2D eigenvalue weighted by Crippen LogP contribution is -2.53. The van der Waals surface area contributed by atoms with Gasteiger partial charge in [-0.15, -0.1) is 0 Å². The van der Waals surface area contributed by atoms with Crippen molar-refractivity contribution in [1.82, 2.24) is 15.1 Å². The summed E-state index contributed by atoms with van der Waals surface area (Å²) in [6.45, 7) is 12.1. The van der Waals surface area contributed by atoms with Crippen LogP contribution in [-0.4, -0.2) is 60.6 Å². The summed E-state index contributed by atoms with van der Waals surface area (Å²) in [7, 11) is 2.10. The average Bonchev–Trinajstić information content (AvgIpc) is 2.79. The molecule has 0 aromatic carbocycles. The zero-order valence-corrected chi connectivity index (χ0v) is 12.0. The molecule has 0 spiro atoms. The SMILES string of the molecule is CNC1(C)CCN(C2CCN(C(C)C)C2)CC1. The largest absolute Gasteiger partial charge is 0.314 e. The molecule has 1 N–H and O–H groups in total. The van der Waals surface area contributed by atoms with Gasteiger partial charge in [-0.25, -0.2) is 0 Å². The van der Waals surface area contributed by atoms with Crippen molar-refractivity contribution < 1.29 is 0 Å². The number of piperidine rings is 1. The summed E-state index contributed by atoms with van der Waals surface area (Å²) in [5.74, 6) is 0. The molecule has 100 valence electrons. The predicted molar refractivity (Wildman–Crippen MR) is 73.4 cm³/mol. The first kappa shape index (κ1) is 13.3. The van der Waals surface area contributed by atoms with Gasteiger partial charge in [0.1, 0.15) is 0 Å². The smallest absolute Gasteiger partial charge is 0.0235 e. The van der Waals surface area contributed by atoms with E-state index in [1.54, 1.807) is 0 Å². The Morgan fingerprint density at radius 1 is 1.18 bits per heavy atom. The number of nitrogens with one attached hydrogen (secondary N) is 1. The zero-order chi connectivity index (χ0) is 12.5. The van der Waals surface area contributed by atoms with Crippen LogP contribution in [0.2, 0.25) is 0 Å². The summed E-state index contributed by atoms with van der Waals surface area (Å²) in [5.41, 5.74) is 0.382. The fourth-order valence-electron chi connectivity index (χ4n) is 3.17. The highest BCUT2D eigenvalue weighted by Gasteiger charge is 2.34. The van der Waals surface area contributed by atoms with E-state index in [-0.39, 0.29) is 0 Å². The Morgan fingerprint density at radius 3 is 2.29 bits per heavy atom. The van der Waals surface area contributed by atoms with E-state index >= 15 is 0 Å². The normalized spacial score (nSPS) is 31.2. The number of hydrogen-bond donors (Lipinski definition) is 1. The van der Waals surface area contributed by atoms with E-state index in [4.69, 9.17) is 0 Å². The number of hydrogen-bond acceptors (Lipinski definition) is 3. The first-order valence-electron chi connectivity index (χ1n) is 7.21. The Hall–Kier alpha value is -0.120. The van der Waals surface area contributed by atoms with Gasteiger partial charge in [-0.2, -0.15) is 0 Å². The van der Waals surface area contributed by atoms with Crippen LogP contribution in [0.3, 0.4) is 0 Å². The van der Waals surface area contributed by atoms with Crippen LogP contribution >= 0.6 is 0 Å². The van der Waals surface area contributed by atoms with Crippen molar-refractivity contribution in [1.29, 1.82) is 0 Å². The summed E-state index contributed by atoms with van der Waals surface area (Å²) in [4.78, 5) is 5.35. The lowest BCUT2D eigenvalue weighted by molar-refractivity contribution is 0.109. The molecular weight excluding hydrogens is 210 g/mol. The van der Waals surface area contributed by atoms with Crippen LogP contribution in [0.25, 0.3) is 0 Å². The van der Waals surface area contributed by atoms with Crippen LogP contribution in [0.4, 0.5) is 0 Å². The standard InChI is InChI=1S/C14H29N3/c1-12(2)17-8-5-13(11-17)16-9-6-14(3,15-4)7-10-16/h12-13,15H,5-11H2,1-4H3. The Kier molecular flexibility index (Phi) is 4.11. The van der Waals surface area contributed by atoms with Gasteiger partial charge in [0.2, 0.25) is 0 Å². The molecule has 0 aliphatic carbocycles. The number of nitrogens with zero attached hydrogens (tertiary/aromatic N) is 2. The molecule has 0 radical (unpaired) electrons. The lowest BCUT2D eigenvalue weighted by Gasteiger charge is -2.41. The van der Waals surface area contributed by atoms with Gasteiger partial charge in [-0.05, 0) is 47.1 Å². The molecule has 0 bridgehead atoms. The monoisotopic (exact) mass is 239 g/mol. The molecule has 2 saturated heterocycles. The third-order valence-electron chi connectivity index (χ3n) is 4.95. The van der Waals surface area contributed by atoms with E-state index in [1.165, 1.54) is 45.4 Å². The third kappa shape index (κ3) is 3.01. The number of likely N-dealkylation sites (tertiary alicyclic amines) is 2. The number of rotatable bonds is 3. The summed E-state index contributed by atoms with van der Waals surface area (Å²) in [5, 5.41) is 3.48. The molecule has 0 amide bonds. The van der Waals surface area contributed by atoms with Crippen LogP contribution in [0.1, 0.15) is 40.0 Å². The summed E-state index contributed by atoms with van der Waals surface area (Å²) in [6.07, 6.45) is 3.96. The summed E-state index contributed by atoms with van der Waals surface area (Å²) in [6, 6.07) is 1.53. The molecule has 0 aromatic rings. The highest BCUT2D eigenvalue weighted by molar-refractivity contribution is 4.93. The maximum absolute atomic E-state index is 3.48. The van der Waals surface area contributed by atoms with E-state index in [2.05, 4.69) is 42.9 Å². The lowest BCUT2D eigenvalue weighted by atomic mass is 9.89. The molecule has 2 aliphatic heterocycles. The van der Waals surface area contributed by atoms with Gasteiger partial charge in [0.15, 0.2) is 0 Å². The third-order valence-corrected chi connectivity index (χ3v) is 4.95. The molecule has 3 nitrogen and oxygen atoms in total. The molecule has 0 saturated carbocycles. The molecule has 2 fully saturated rings. The highest BCUT2D eigenvalue weighted by atomic mass is 15.3. The summed E-state index contributed by atoms with van der Waals surface area (Å²) >= 11 is 0. The van der Waals surface area contributed by atoms with Gasteiger partial charge in [0.05, 0.1) is 0 Å². The second-order valence-corrected chi connectivity index (χ2v) is 6.38. The van der Waals surface area contributed by atoms with Crippen LogP contribution in [0.5, 0.6) is 0 Å². The maximum Gasteiger partial charge on any atom is 0.0235 e. The fraction of sp³-hybridized carbons (Fsp3) is 1.00. The van der Waals surface area contributed by atoms with Gasteiger partial charge in [-0.1, -0.05) is 0 Å². The first-order valence-corrected chi connectivity index (χ1v) is 7.21. The molecule has 2 rings (SSSR count). The van der Waals surface area contributed by atoms with Crippen molar-refractivity contribution in [3.05, 3.63) is 0 Å². The van der Waals surface area contributed by atoms with Crippen molar-refractivity contribution in [2.75, 3.05) is 33.2 Å². The van der Waals surface area contributed by atoms with Gasteiger partial charge in [0.25, 0.3) is 0 Å². The van der Waals surface area contributed by atoms with E-state index < -0.39 is 0 Å². The Bertz CT molecular complexity index is 244. The zero-order valence-electron chi connectivity index (χ0n) is 12.0. The van der Waals surface area contributed by atoms with Gasteiger partial charge >= 0.3 is 0 Å². The van der Waals surface area contributed by atoms with Crippen molar-refractivity contribution in [3.8, 4) is 0 Å². The van der Waals surface area contributed by atoms with Gasteiger partial charge in [0, 0.05) is 43.8 Å². The molecule has 0 aromatic heterocycles. The topological polar surface area (TPSA) is 18.5 Å². The second kappa shape index (κ2) is 5.25. The minimum absolute atomic E-state index is 0.382. The predicted octanol–water partition coefficient (Wildman–Crippen LogP) is 1.54. The molecule has 17 heavy (non-hydrogen) atoms. The van der Waals surface area contributed by atoms with Gasteiger partial charge < -0.3 is 5.32 Å². The minimum atomic E-state index is 0.382. The average molecular weight is 239 g/mol. The maximum atomic E-state index is 3.48. The van der Waals surface area contributed by atoms with Crippen molar-refractivity contribution in [3.63, 3.8) is 0 Å². The Balaban J connectivity index is 1.82. The Labute approximate surface area is 107 Å². The van der Waals surface area contributed by atoms with Gasteiger partial charge in [-0.3, -0.25) is 9.80 Å². The van der Waals surface area contributed by atoms with Crippen LogP contribution < -0.4 is 5.32 Å². The van der Waals surface area contributed by atoms with E-state index in [9.17, 15) is 0 Å². The molecule has 2 aliphatic rings. The quantitative estimate of drug-likeness (QED) is 0.806. The van der Waals surface area contributed by atoms with E-state index in [0.717, 1.165) is 6.04 Å². The van der Waals surface area contributed by atoms with E-state index in [1.807, 2.05) is 0 Å². The second-order valence-electron chi connectivity index (χ2n) is 6.38. The molecule has 2 heterocycles. The van der Waals surface area contributed by atoms with Crippen molar-refractivity contribution in [2.24, 2.45) is 0 Å². The first-order chi connectivity index (χ1) is 8.04. The molecule has 3 heteroatoms. The van der Waals surface area contributed by atoms with Crippen LogP contribution in [0.15, 0.2) is 0 Å². The van der Waals surface area contributed by atoms with Crippen LogP contribution in [0, 0.1) is 0 Å². The van der Waals surface area contributed by atoms with Crippen LogP contribution in [-0.2, 0) is 0 Å². The minimum Gasteiger partial charge on any atom is -0.314 e.